The van der Waals surface area contributed by atoms with Gasteiger partial charge in [-0.15, -0.1) is 0 Å². The normalized spacial score (nSPS) is 18.4. The van der Waals surface area contributed by atoms with E-state index in [4.69, 9.17) is 5.11 Å². The lowest BCUT2D eigenvalue weighted by atomic mass is 10.0. The number of aromatic nitrogens is 3. The second kappa shape index (κ2) is 13.6. The molecule has 2 saturated heterocycles. The third-order valence-corrected chi connectivity index (χ3v) is 9.05. The van der Waals surface area contributed by atoms with E-state index < -0.39 is 23.6 Å². The van der Waals surface area contributed by atoms with Crippen LogP contribution in [0.1, 0.15) is 59.1 Å². The molecule has 3 aromatic rings. The number of carboxylic acids is 1. The zero-order valence-electron chi connectivity index (χ0n) is 24.7. The highest BCUT2D eigenvalue weighted by atomic mass is 32.1. The smallest absolute Gasteiger partial charge is 0.416 e. The monoisotopic (exact) mass is 631 g/mol. The van der Waals surface area contributed by atoms with Crippen molar-refractivity contribution in [2.24, 2.45) is 0 Å². The van der Waals surface area contributed by atoms with E-state index in [1.165, 1.54) is 23.7 Å². The van der Waals surface area contributed by atoms with Crippen LogP contribution in [-0.4, -0.2) is 87.0 Å². The Morgan fingerprint density at radius 3 is 2.50 bits per heavy atom. The molecule has 0 radical (unpaired) electrons. The number of piperidine rings is 1. The van der Waals surface area contributed by atoms with E-state index in [1.54, 1.807) is 13.0 Å². The predicted octanol–water partition coefficient (Wildman–Crippen LogP) is 5.15. The van der Waals surface area contributed by atoms with Crippen LogP contribution in [0.5, 0.6) is 0 Å². The van der Waals surface area contributed by atoms with E-state index in [-0.39, 0.29) is 17.2 Å². The topological polar surface area (TPSA) is 115 Å². The fourth-order valence-electron chi connectivity index (χ4n) is 5.62. The predicted molar refractivity (Wildman–Crippen MR) is 162 cm³/mol. The van der Waals surface area contributed by atoms with Crippen LogP contribution < -0.4 is 10.2 Å². The number of aryl methyl sites for hydroxylation is 1. The highest BCUT2D eigenvalue weighted by molar-refractivity contribution is 7.16. The zero-order chi connectivity index (χ0) is 31.4. The molecular formula is C30H36F3N7O3S. The SMILES string of the molecule is Cc1cc(-c2nc(NC(=O)c3cnc(N4CCN(CCC(=O)O)CC4)cn3)sc2CN2CCCCC2C)cc(C(F)(F)F)c1. The molecule has 2 N–H and O–H groups in total. The molecule has 1 unspecified atom stereocenters. The van der Waals surface area contributed by atoms with Crippen molar-refractivity contribution in [3.63, 3.8) is 0 Å². The Balaban J connectivity index is 1.32. The van der Waals surface area contributed by atoms with Gasteiger partial charge in [0.2, 0.25) is 0 Å². The van der Waals surface area contributed by atoms with Gasteiger partial charge in [-0.1, -0.05) is 17.8 Å². The largest absolute Gasteiger partial charge is 0.481 e. The summed E-state index contributed by atoms with van der Waals surface area (Å²) in [4.78, 5) is 44.5. The molecular weight excluding hydrogens is 595 g/mol. The summed E-state index contributed by atoms with van der Waals surface area (Å²) in [5, 5.41) is 12.0. The van der Waals surface area contributed by atoms with E-state index >= 15 is 0 Å². The molecule has 2 fully saturated rings. The van der Waals surface area contributed by atoms with Crippen molar-refractivity contribution in [1.29, 1.82) is 0 Å². The lowest BCUT2D eigenvalue weighted by Crippen LogP contribution is -2.47. The molecule has 236 valence electrons. The molecule has 2 aliphatic rings. The number of likely N-dealkylation sites (tertiary alicyclic amines) is 1. The average molecular weight is 632 g/mol. The number of alkyl halides is 3. The number of carbonyl (C=O) groups excluding carboxylic acids is 1. The van der Waals surface area contributed by atoms with Crippen LogP contribution in [-0.2, 0) is 17.5 Å². The first kappa shape index (κ1) is 31.8. The summed E-state index contributed by atoms with van der Waals surface area (Å²) in [6.07, 6.45) is 1.78. The fourth-order valence-corrected chi connectivity index (χ4v) is 6.62. The Morgan fingerprint density at radius 2 is 1.84 bits per heavy atom. The third-order valence-electron chi connectivity index (χ3n) is 8.09. The van der Waals surface area contributed by atoms with Crippen molar-refractivity contribution >= 4 is 34.2 Å². The van der Waals surface area contributed by atoms with E-state index in [9.17, 15) is 22.8 Å². The number of nitrogens with zero attached hydrogens (tertiary/aromatic N) is 6. The Hall–Kier alpha value is -3.62. The third kappa shape index (κ3) is 7.90. The Kier molecular flexibility index (Phi) is 9.81. The van der Waals surface area contributed by atoms with Crippen molar-refractivity contribution in [3.05, 3.63) is 52.3 Å². The fraction of sp³-hybridized carbons (Fsp3) is 0.500. The quantitative estimate of drug-likeness (QED) is 0.331. The number of nitrogens with one attached hydrogen (secondary N) is 1. The van der Waals surface area contributed by atoms with E-state index in [0.29, 0.717) is 67.9 Å². The van der Waals surface area contributed by atoms with Crippen LogP contribution in [0.3, 0.4) is 0 Å². The molecule has 0 saturated carbocycles. The van der Waals surface area contributed by atoms with Gasteiger partial charge in [0.05, 0.1) is 30.1 Å². The lowest BCUT2D eigenvalue weighted by Gasteiger charge is -2.34. The minimum Gasteiger partial charge on any atom is -0.481 e. The van der Waals surface area contributed by atoms with Crippen LogP contribution in [0.25, 0.3) is 11.3 Å². The van der Waals surface area contributed by atoms with Crippen LogP contribution in [0.4, 0.5) is 24.1 Å². The van der Waals surface area contributed by atoms with Gasteiger partial charge in [0.1, 0.15) is 11.5 Å². The Morgan fingerprint density at radius 1 is 1.07 bits per heavy atom. The minimum absolute atomic E-state index is 0.0895. The number of amides is 1. The number of piperazine rings is 1. The van der Waals surface area contributed by atoms with Gasteiger partial charge in [-0.2, -0.15) is 13.2 Å². The van der Waals surface area contributed by atoms with Crippen LogP contribution in [0.15, 0.2) is 30.6 Å². The number of carboxylic acid groups (broad SMARTS) is 1. The molecule has 4 heterocycles. The number of aliphatic carboxylic acids is 1. The summed E-state index contributed by atoms with van der Waals surface area (Å²) in [5.74, 6) is -0.713. The number of hydrogen-bond donors (Lipinski definition) is 2. The van der Waals surface area contributed by atoms with Gasteiger partial charge < -0.3 is 10.0 Å². The first-order chi connectivity index (χ1) is 21.0. The summed E-state index contributed by atoms with van der Waals surface area (Å²) < 4.78 is 41.0. The van der Waals surface area contributed by atoms with Crippen molar-refractivity contribution in [2.45, 2.75) is 58.3 Å². The molecule has 1 amide bonds. The molecule has 1 atom stereocenters. The van der Waals surface area contributed by atoms with Gasteiger partial charge in [-0.25, -0.2) is 15.0 Å². The van der Waals surface area contributed by atoms with Gasteiger partial charge in [0, 0.05) is 55.8 Å². The maximum atomic E-state index is 13.7. The number of anilines is 2. The maximum Gasteiger partial charge on any atom is 0.416 e. The van der Waals surface area contributed by atoms with Crippen molar-refractivity contribution in [1.82, 2.24) is 24.8 Å². The number of rotatable bonds is 9. The van der Waals surface area contributed by atoms with E-state index in [2.05, 4.69) is 37.0 Å². The summed E-state index contributed by atoms with van der Waals surface area (Å²) in [6.45, 7) is 8.42. The molecule has 1 aromatic carbocycles. The number of hydrogen-bond acceptors (Lipinski definition) is 9. The number of halogens is 3. The Labute approximate surface area is 257 Å². The summed E-state index contributed by atoms with van der Waals surface area (Å²) in [5.41, 5.74) is 0.622. The second-order valence-electron chi connectivity index (χ2n) is 11.4. The number of carbonyl (C=O) groups is 2. The highest BCUT2D eigenvalue weighted by Gasteiger charge is 2.32. The molecule has 44 heavy (non-hydrogen) atoms. The average Bonchev–Trinajstić information content (AvgIpc) is 3.38. The van der Waals surface area contributed by atoms with Crippen molar-refractivity contribution < 1.29 is 27.9 Å². The van der Waals surface area contributed by atoms with Crippen LogP contribution in [0, 0.1) is 6.92 Å². The molecule has 5 rings (SSSR count). The molecule has 2 aromatic heterocycles. The van der Waals surface area contributed by atoms with Gasteiger partial charge in [-0.05, 0) is 57.0 Å². The summed E-state index contributed by atoms with van der Waals surface area (Å²) in [6, 6.07) is 4.26. The van der Waals surface area contributed by atoms with Gasteiger partial charge in [0.25, 0.3) is 5.91 Å². The standard InChI is InChI=1S/C30H36F3N7O3S/c1-19-13-21(15-22(14-19)30(31,32)33)27-24(18-40-7-4-3-5-20(40)2)44-29(36-27)37-28(43)23-16-35-25(17-34-23)39-11-9-38(10-12-39)8-6-26(41)42/h13-17,20H,3-12,18H2,1-2H3,(H,41,42)(H,36,37,43). The van der Waals surface area contributed by atoms with Crippen LogP contribution in [0.2, 0.25) is 0 Å². The highest BCUT2D eigenvalue weighted by Crippen LogP contribution is 2.38. The van der Waals surface area contributed by atoms with Gasteiger partial charge in [0.15, 0.2) is 5.13 Å². The second-order valence-corrected chi connectivity index (χ2v) is 12.5. The molecule has 2 aliphatic heterocycles. The lowest BCUT2D eigenvalue weighted by molar-refractivity contribution is -0.138. The first-order valence-electron chi connectivity index (χ1n) is 14.7. The number of thiazole rings is 1. The molecule has 0 bridgehead atoms. The minimum atomic E-state index is -4.49. The van der Waals surface area contributed by atoms with Gasteiger partial charge >= 0.3 is 12.1 Å². The van der Waals surface area contributed by atoms with Gasteiger partial charge in [-0.3, -0.25) is 24.7 Å². The van der Waals surface area contributed by atoms with Crippen molar-refractivity contribution in [3.8, 4) is 11.3 Å². The first-order valence-corrected chi connectivity index (χ1v) is 15.5. The molecule has 0 aliphatic carbocycles. The summed E-state index contributed by atoms with van der Waals surface area (Å²) >= 11 is 1.26. The molecule has 14 heteroatoms. The molecule has 10 nitrogen and oxygen atoms in total. The van der Waals surface area contributed by atoms with Crippen LogP contribution >= 0.6 is 11.3 Å². The molecule has 0 spiro atoms. The zero-order valence-corrected chi connectivity index (χ0v) is 25.5. The Bertz CT molecular complexity index is 1470. The van der Waals surface area contributed by atoms with E-state index in [0.717, 1.165) is 42.8 Å². The van der Waals surface area contributed by atoms with Crippen molar-refractivity contribution in [2.75, 3.05) is 49.5 Å². The van der Waals surface area contributed by atoms with E-state index in [1.807, 2.05) is 4.90 Å². The number of benzene rings is 1. The summed E-state index contributed by atoms with van der Waals surface area (Å²) in [7, 11) is 0. The maximum absolute atomic E-state index is 13.7.